The van der Waals surface area contributed by atoms with E-state index in [1.54, 1.807) is 24.3 Å². The first-order chi connectivity index (χ1) is 16.4. The molecule has 0 spiro atoms. The second-order valence-electron chi connectivity index (χ2n) is 8.42. The molecule has 0 aliphatic rings. The molecule has 0 fully saturated rings. The zero-order valence-corrected chi connectivity index (χ0v) is 23.1. The SMILES string of the molecule is CC[C@H](C(=O)NC)N(Cc1c(Cl)cccc1Cl)C(=O)CCCN(c1cccc(C)c1C)S(C)(=O)=O. The van der Waals surface area contributed by atoms with Crippen LogP contribution < -0.4 is 9.62 Å². The summed E-state index contributed by atoms with van der Waals surface area (Å²) in [6, 6.07) is 9.85. The number of benzene rings is 2. The second kappa shape index (κ2) is 12.6. The molecule has 0 unspecified atom stereocenters. The third-order valence-electron chi connectivity index (χ3n) is 6.02. The molecule has 1 atom stereocenters. The summed E-state index contributed by atoms with van der Waals surface area (Å²) in [5.74, 6) is -0.581. The third kappa shape index (κ3) is 7.35. The number of carbonyl (C=O) groups excluding carboxylic acids is 2. The molecular weight excluding hydrogens is 509 g/mol. The van der Waals surface area contributed by atoms with Gasteiger partial charge in [-0.2, -0.15) is 0 Å². The first-order valence-corrected chi connectivity index (χ1v) is 14.0. The molecule has 0 aliphatic carbocycles. The number of rotatable bonds is 11. The molecule has 0 aliphatic heterocycles. The summed E-state index contributed by atoms with van der Waals surface area (Å²) in [5, 5.41) is 3.41. The highest BCUT2D eigenvalue weighted by Gasteiger charge is 2.29. The van der Waals surface area contributed by atoms with Gasteiger partial charge in [-0.15, -0.1) is 0 Å². The predicted octanol–water partition coefficient (Wildman–Crippen LogP) is 4.71. The lowest BCUT2D eigenvalue weighted by Gasteiger charge is -2.31. The smallest absolute Gasteiger partial charge is 0.242 e. The van der Waals surface area contributed by atoms with E-state index in [1.165, 1.54) is 16.3 Å². The van der Waals surface area contributed by atoms with Gasteiger partial charge in [0.2, 0.25) is 21.8 Å². The molecule has 7 nitrogen and oxygen atoms in total. The molecule has 0 saturated carbocycles. The van der Waals surface area contributed by atoms with Crippen LogP contribution in [0.25, 0.3) is 0 Å². The Bertz CT molecular complexity index is 1150. The maximum absolute atomic E-state index is 13.4. The molecule has 0 bridgehead atoms. The topological polar surface area (TPSA) is 86.8 Å². The van der Waals surface area contributed by atoms with E-state index < -0.39 is 16.1 Å². The van der Waals surface area contributed by atoms with Gasteiger partial charge in [0.1, 0.15) is 6.04 Å². The van der Waals surface area contributed by atoms with Gasteiger partial charge < -0.3 is 10.2 Å². The van der Waals surface area contributed by atoms with Gasteiger partial charge in [-0.1, -0.05) is 48.3 Å². The van der Waals surface area contributed by atoms with E-state index in [0.717, 1.165) is 17.4 Å². The van der Waals surface area contributed by atoms with Crippen LogP contribution in [-0.2, 0) is 26.2 Å². The molecule has 0 aromatic heterocycles. The number of hydrogen-bond acceptors (Lipinski definition) is 4. The van der Waals surface area contributed by atoms with Crippen molar-refractivity contribution in [1.29, 1.82) is 0 Å². The lowest BCUT2D eigenvalue weighted by molar-refractivity contribution is -0.141. The van der Waals surface area contributed by atoms with Gasteiger partial charge in [0.25, 0.3) is 0 Å². The molecule has 35 heavy (non-hydrogen) atoms. The van der Waals surface area contributed by atoms with Crippen molar-refractivity contribution in [3.8, 4) is 0 Å². The number of anilines is 1. The average molecular weight is 543 g/mol. The number of sulfonamides is 1. The van der Waals surface area contributed by atoms with Crippen molar-refractivity contribution in [2.45, 2.75) is 52.6 Å². The fraction of sp³-hybridized carbons (Fsp3) is 0.440. The first kappa shape index (κ1) is 28.9. The number of halogens is 2. The molecule has 10 heteroatoms. The van der Waals surface area contributed by atoms with Gasteiger partial charge in [0.05, 0.1) is 11.9 Å². The van der Waals surface area contributed by atoms with Crippen LogP contribution in [-0.4, -0.2) is 51.0 Å². The summed E-state index contributed by atoms with van der Waals surface area (Å²) < 4.78 is 26.4. The quantitative estimate of drug-likeness (QED) is 0.446. The van der Waals surface area contributed by atoms with Crippen LogP contribution in [0.3, 0.4) is 0 Å². The van der Waals surface area contributed by atoms with Crippen molar-refractivity contribution >= 4 is 50.7 Å². The van der Waals surface area contributed by atoms with E-state index in [0.29, 0.717) is 27.7 Å². The van der Waals surface area contributed by atoms with Gasteiger partial charge in [-0.05, 0) is 56.0 Å². The summed E-state index contributed by atoms with van der Waals surface area (Å²) in [7, 11) is -2.05. The van der Waals surface area contributed by atoms with Crippen molar-refractivity contribution in [2.75, 3.05) is 24.2 Å². The number of amides is 2. The van der Waals surface area contributed by atoms with Crippen LogP contribution in [0.2, 0.25) is 10.0 Å². The van der Waals surface area contributed by atoms with Gasteiger partial charge in [0, 0.05) is 42.2 Å². The largest absolute Gasteiger partial charge is 0.357 e. The fourth-order valence-electron chi connectivity index (χ4n) is 3.93. The monoisotopic (exact) mass is 541 g/mol. The Kier molecular flexibility index (Phi) is 10.4. The Morgan fingerprint density at radius 3 is 2.20 bits per heavy atom. The predicted molar refractivity (Wildman–Crippen MR) is 142 cm³/mol. The summed E-state index contributed by atoms with van der Waals surface area (Å²) in [5.41, 5.74) is 2.99. The number of nitrogens with zero attached hydrogens (tertiary/aromatic N) is 2. The first-order valence-electron chi connectivity index (χ1n) is 11.4. The molecule has 2 aromatic carbocycles. The Labute approximate surface area is 218 Å². The highest BCUT2D eigenvalue weighted by molar-refractivity contribution is 7.92. The van der Waals surface area contributed by atoms with Crippen molar-refractivity contribution in [2.24, 2.45) is 0 Å². The van der Waals surface area contributed by atoms with E-state index in [9.17, 15) is 18.0 Å². The summed E-state index contributed by atoms with van der Waals surface area (Å²) in [6.45, 7) is 5.81. The van der Waals surface area contributed by atoms with E-state index >= 15 is 0 Å². The van der Waals surface area contributed by atoms with Crippen molar-refractivity contribution < 1.29 is 18.0 Å². The highest BCUT2D eigenvalue weighted by atomic mass is 35.5. The maximum Gasteiger partial charge on any atom is 0.242 e. The van der Waals surface area contributed by atoms with E-state index in [1.807, 2.05) is 32.9 Å². The highest BCUT2D eigenvalue weighted by Crippen LogP contribution is 2.28. The van der Waals surface area contributed by atoms with Crippen LogP contribution in [0.4, 0.5) is 5.69 Å². The molecule has 0 radical (unpaired) electrons. The number of nitrogens with one attached hydrogen (secondary N) is 1. The van der Waals surface area contributed by atoms with Gasteiger partial charge >= 0.3 is 0 Å². The molecule has 1 N–H and O–H groups in total. The number of aryl methyl sites for hydroxylation is 1. The van der Waals surface area contributed by atoms with Gasteiger partial charge in [-0.3, -0.25) is 13.9 Å². The summed E-state index contributed by atoms with van der Waals surface area (Å²) >= 11 is 12.7. The Balaban J connectivity index is 2.28. The molecular formula is C25H33Cl2N3O4S. The van der Waals surface area contributed by atoms with Crippen LogP contribution in [0.1, 0.15) is 42.9 Å². The number of carbonyl (C=O) groups is 2. The van der Waals surface area contributed by atoms with E-state index in [4.69, 9.17) is 23.2 Å². The van der Waals surface area contributed by atoms with E-state index in [2.05, 4.69) is 5.32 Å². The Hall–Kier alpha value is -2.29. The Morgan fingerprint density at radius 2 is 1.66 bits per heavy atom. The van der Waals surface area contributed by atoms with Crippen molar-refractivity contribution in [3.05, 3.63) is 63.1 Å². The second-order valence-corrected chi connectivity index (χ2v) is 11.1. The lowest BCUT2D eigenvalue weighted by Crippen LogP contribution is -2.48. The van der Waals surface area contributed by atoms with Gasteiger partial charge in [-0.25, -0.2) is 8.42 Å². The number of likely N-dealkylation sites (N-methyl/N-ethyl adjacent to an activating group) is 1. The van der Waals surface area contributed by atoms with Crippen LogP contribution in [0.5, 0.6) is 0 Å². The Morgan fingerprint density at radius 1 is 1.06 bits per heavy atom. The van der Waals surface area contributed by atoms with E-state index in [-0.39, 0.29) is 37.7 Å². The molecule has 0 heterocycles. The standard InChI is InChI=1S/C25H33Cl2N3O4S/c1-6-22(25(32)28-4)29(16-19-20(26)11-8-12-21(19)27)24(31)14-9-15-30(35(5,33)34)23-13-7-10-17(2)18(23)3/h7-8,10-13,22H,6,9,14-16H2,1-5H3,(H,28,32)/t22-/m1/s1. The molecule has 192 valence electrons. The van der Waals surface area contributed by atoms with Crippen molar-refractivity contribution in [1.82, 2.24) is 10.2 Å². The third-order valence-corrected chi connectivity index (χ3v) is 7.91. The average Bonchev–Trinajstić information content (AvgIpc) is 2.79. The maximum atomic E-state index is 13.4. The summed E-state index contributed by atoms with van der Waals surface area (Å²) in [6.07, 6.45) is 1.87. The van der Waals surface area contributed by atoms with Gasteiger partial charge in [0.15, 0.2) is 0 Å². The zero-order valence-electron chi connectivity index (χ0n) is 20.8. The lowest BCUT2D eigenvalue weighted by atomic mass is 10.1. The minimum absolute atomic E-state index is 0.0481. The minimum atomic E-state index is -3.56. The number of hydrogen-bond donors (Lipinski definition) is 1. The van der Waals surface area contributed by atoms with Crippen LogP contribution in [0, 0.1) is 13.8 Å². The van der Waals surface area contributed by atoms with Crippen LogP contribution in [0.15, 0.2) is 36.4 Å². The molecule has 2 amide bonds. The molecule has 2 aromatic rings. The van der Waals surface area contributed by atoms with Crippen molar-refractivity contribution in [3.63, 3.8) is 0 Å². The van der Waals surface area contributed by atoms with Crippen LogP contribution >= 0.6 is 23.2 Å². The fourth-order valence-corrected chi connectivity index (χ4v) is 5.46. The molecule has 0 saturated heterocycles. The summed E-state index contributed by atoms with van der Waals surface area (Å²) in [4.78, 5) is 27.4. The molecule has 2 rings (SSSR count). The minimum Gasteiger partial charge on any atom is -0.357 e. The normalized spacial score (nSPS) is 12.2. The zero-order chi connectivity index (χ0) is 26.3.